The molecule has 0 aromatic heterocycles. The Labute approximate surface area is 101 Å². The normalized spacial score (nSPS) is 28.4. The van der Waals surface area contributed by atoms with Crippen molar-refractivity contribution >= 4 is 11.6 Å². The summed E-state index contributed by atoms with van der Waals surface area (Å²) in [7, 11) is 0. The van der Waals surface area contributed by atoms with E-state index in [-0.39, 0.29) is 0 Å². The highest BCUT2D eigenvalue weighted by molar-refractivity contribution is 6.22. The van der Waals surface area contributed by atoms with Crippen molar-refractivity contribution in [3.05, 3.63) is 0 Å². The summed E-state index contributed by atoms with van der Waals surface area (Å²) in [4.78, 5) is 0. The number of hydrogen-bond acceptors (Lipinski definition) is 1. The van der Waals surface area contributed by atoms with Crippen LogP contribution < -0.4 is 0 Å². The molecular weight excluding hydrogens is 332 g/mol. The van der Waals surface area contributed by atoms with Crippen LogP contribution in [0, 0.1) is 0 Å². The van der Waals surface area contributed by atoms with Gasteiger partial charge in [-0.2, -0.15) is 48.3 Å². The molecule has 0 unspecified atom stereocenters. The Kier molecular flexibility index (Phi) is 3.10. The number of alkyl halides is 12. The molecule has 1 nitrogen and oxygen atoms in total. The molecule has 1 rings (SSSR count). The van der Waals surface area contributed by atoms with Crippen LogP contribution >= 0.6 is 11.6 Å². The lowest BCUT2D eigenvalue weighted by Gasteiger charge is -2.34. The van der Waals surface area contributed by atoms with E-state index in [1.165, 1.54) is 0 Å². The van der Waals surface area contributed by atoms with Gasteiger partial charge >= 0.3 is 35.1 Å². The maximum Gasteiger partial charge on any atom is 0.424 e. The minimum absolute atomic E-state index is 2.30. The van der Waals surface area contributed by atoms with Gasteiger partial charge in [0.05, 0.1) is 0 Å². The molecule has 1 atom stereocenters. The summed E-state index contributed by atoms with van der Waals surface area (Å²) in [5.74, 6) is -27.1. The number of halogens is 12. The number of epoxide rings is 1. The van der Waals surface area contributed by atoms with E-state index < -0.39 is 35.1 Å². The molecule has 0 bridgehead atoms. The van der Waals surface area contributed by atoms with Crippen LogP contribution in [-0.4, -0.2) is 35.1 Å². The van der Waals surface area contributed by atoms with Crippen LogP contribution in [0.25, 0.3) is 0 Å². The molecule has 0 aromatic rings. The molecule has 0 saturated carbocycles. The summed E-state index contributed by atoms with van der Waals surface area (Å²) < 4.78 is 138. The lowest BCUT2D eigenvalue weighted by atomic mass is 10.00. The molecule has 1 fully saturated rings. The van der Waals surface area contributed by atoms with Crippen molar-refractivity contribution in [2.45, 2.75) is 35.1 Å². The van der Waals surface area contributed by atoms with Gasteiger partial charge < -0.3 is 0 Å². The third-order valence-corrected chi connectivity index (χ3v) is 2.39. The summed E-state index contributed by atoms with van der Waals surface area (Å²) in [5.41, 5.74) is 0. The van der Waals surface area contributed by atoms with Crippen molar-refractivity contribution < 1.29 is 53.0 Å². The smallest absolute Gasteiger partial charge is 0.265 e. The fraction of sp³-hybridized carbons (Fsp3) is 1.00. The number of rotatable bonds is 4. The average Bonchev–Trinajstić information content (AvgIpc) is 2.65. The van der Waals surface area contributed by atoms with Crippen LogP contribution in [0.15, 0.2) is 0 Å². The van der Waals surface area contributed by atoms with Gasteiger partial charge in [0.1, 0.15) is 0 Å². The molecule has 0 radical (unpaired) electrons. The SMILES string of the molecule is FC(F)(Cl)C(F)(F)C(F)(F)C(F)(F)[C@]1(F)OC1(F)F. The minimum Gasteiger partial charge on any atom is -0.265 e. The largest absolute Gasteiger partial charge is 0.424 e. The molecule has 1 saturated heterocycles. The number of hydrogen-bond donors (Lipinski definition) is 0. The molecule has 19 heavy (non-hydrogen) atoms. The highest BCUT2D eigenvalue weighted by Crippen LogP contribution is 2.67. The second kappa shape index (κ2) is 3.57. The van der Waals surface area contributed by atoms with E-state index in [1.54, 1.807) is 0 Å². The fourth-order valence-electron chi connectivity index (χ4n) is 0.975. The summed E-state index contributed by atoms with van der Waals surface area (Å²) in [6.07, 6.45) is -5.53. The Morgan fingerprint density at radius 3 is 1.26 bits per heavy atom. The fourth-order valence-corrected chi connectivity index (χ4v) is 1.09. The second-order valence-electron chi connectivity index (χ2n) is 3.44. The van der Waals surface area contributed by atoms with E-state index in [2.05, 4.69) is 16.3 Å². The van der Waals surface area contributed by atoms with Gasteiger partial charge in [-0.3, -0.25) is 4.74 Å². The van der Waals surface area contributed by atoms with E-state index in [0.29, 0.717) is 0 Å². The van der Waals surface area contributed by atoms with Crippen molar-refractivity contribution in [1.29, 1.82) is 0 Å². The highest BCUT2D eigenvalue weighted by Gasteiger charge is 2.98. The Bertz CT molecular complexity index is 387. The quantitative estimate of drug-likeness (QED) is 0.430. The van der Waals surface area contributed by atoms with Gasteiger partial charge in [0.25, 0.3) is 0 Å². The summed E-state index contributed by atoms with van der Waals surface area (Å²) in [6.45, 7) is 0. The topological polar surface area (TPSA) is 12.5 Å². The van der Waals surface area contributed by atoms with Gasteiger partial charge in [-0.25, -0.2) is 0 Å². The molecule has 1 aliphatic heterocycles. The molecule has 1 heterocycles. The first-order valence-corrected chi connectivity index (χ1v) is 4.30. The van der Waals surface area contributed by atoms with Crippen molar-refractivity contribution in [3.8, 4) is 0 Å². The first-order valence-electron chi connectivity index (χ1n) is 3.93. The van der Waals surface area contributed by atoms with Gasteiger partial charge in [-0.1, -0.05) is 0 Å². The monoisotopic (exact) mass is 332 g/mol. The van der Waals surface area contributed by atoms with Crippen LogP contribution in [0.5, 0.6) is 0 Å². The molecule has 114 valence electrons. The molecule has 0 aliphatic carbocycles. The lowest BCUT2D eigenvalue weighted by molar-refractivity contribution is -0.373. The van der Waals surface area contributed by atoms with Gasteiger partial charge in [-0.05, 0) is 11.6 Å². The van der Waals surface area contributed by atoms with Gasteiger partial charge in [0, 0.05) is 0 Å². The van der Waals surface area contributed by atoms with E-state index in [1.807, 2.05) is 0 Å². The standard InChI is InChI=1S/C6ClF11O/c7-5(15,16)3(12,13)1(8,9)2(10,11)4(14)6(17,18)19-4/t4-/m0/s1. The zero-order valence-electron chi connectivity index (χ0n) is 7.94. The Balaban J connectivity index is 3.28. The first kappa shape index (κ1) is 16.5. The predicted molar refractivity (Wildman–Crippen MR) is 35.5 cm³/mol. The van der Waals surface area contributed by atoms with E-state index in [4.69, 9.17) is 0 Å². The van der Waals surface area contributed by atoms with Crippen LogP contribution in [0.3, 0.4) is 0 Å². The summed E-state index contributed by atoms with van der Waals surface area (Å²) in [5, 5.41) is -6.25. The zero-order valence-corrected chi connectivity index (χ0v) is 8.70. The van der Waals surface area contributed by atoms with Crippen molar-refractivity contribution in [2.24, 2.45) is 0 Å². The molecule has 0 spiro atoms. The van der Waals surface area contributed by atoms with Gasteiger partial charge in [-0.15, -0.1) is 0 Å². The first-order chi connectivity index (χ1) is 7.96. The lowest BCUT2D eigenvalue weighted by Crippen LogP contribution is -2.65. The zero-order chi connectivity index (χ0) is 15.7. The summed E-state index contributed by atoms with van der Waals surface area (Å²) >= 11 is 3.51. The Morgan fingerprint density at radius 1 is 0.737 bits per heavy atom. The molecular formula is C6ClF11O. The van der Waals surface area contributed by atoms with Gasteiger partial charge in [0.2, 0.25) is 0 Å². The summed E-state index contributed by atoms with van der Waals surface area (Å²) in [6, 6.07) is 0. The Hall–Kier alpha value is -0.520. The van der Waals surface area contributed by atoms with Crippen molar-refractivity contribution in [3.63, 3.8) is 0 Å². The molecule has 1 aliphatic rings. The van der Waals surface area contributed by atoms with Crippen LogP contribution in [-0.2, 0) is 4.74 Å². The number of ether oxygens (including phenoxy) is 1. The van der Waals surface area contributed by atoms with Crippen LogP contribution in [0.4, 0.5) is 48.3 Å². The molecule has 13 heteroatoms. The van der Waals surface area contributed by atoms with E-state index >= 15 is 0 Å². The van der Waals surface area contributed by atoms with Crippen molar-refractivity contribution in [2.75, 3.05) is 0 Å². The maximum absolute atomic E-state index is 12.7. The van der Waals surface area contributed by atoms with Crippen LogP contribution in [0.2, 0.25) is 0 Å². The molecule has 0 amide bonds. The third-order valence-electron chi connectivity index (χ3n) is 2.15. The highest BCUT2D eigenvalue weighted by atomic mass is 35.5. The maximum atomic E-state index is 12.7. The molecule has 0 aromatic carbocycles. The van der Waals surface area contributed by atoms with Crippen LogP contribution in [0.1, 0.15) is 0 Å². The third kappa shape index (κ3) is 1.78. The second-order valence-corrected chi connectivity index (χ2v) is 3.91. The Morgan fingerprint density at radius 2 is 1.05 bits per heavy atom. The average molecular weight is 332 g/mol. The predicted octanol–water partition coefficient (Wildman–Crippen LogP) is 4.01. The minimum atomic E-state index is -7.25. The van der Waals surface area contributed by atoms with Crippen molar-refractivity contribution in [1.82, 2.24) is 0 Å². The molecule has 0 N–H and O–H groups in total. The van der Waals surface area contributed by atoms with E-state index in [9.17, 15) is 48.3 Å². The van der Waals surface area contributed by atoms with Gasteiger partial charge in [0.15, 0.2) is 0 Å². The van der Waals surface area contributed by atoms with E-state index in [0.717, 1.165) is 0 Å².